The van der Waals surface area contributed by atoms with Crippen LogP contribution in [0.2, 0.25) is 0 Å². The van der Waals surface area contributed by atoms with Gasteiger partial charge in [-0.2, -0.15) is 0 Å². The molecule has 0 aliphatic heterocycles. The maximum Gasteiger partial charge on any atom is 0.332 e. The Morgan fingerprint density at radius 3 is 2.83 bits per heavy atom. The summed E-state index contributed by atoms with van der Waals surface area (Å²) in [4.78, 5) is 32.6. The zero-order valence-electron chi connectivity index (χ0n) is 9.11. The Kier molecular flexibility index (Phi) is 3.05. The highest BCUT2D eigenvalue weighted by Crippen LogP contribution is 2.06. The summed E-state index contributed by atoms with van der Waals surface area (Å²) in [6.07, 6.45) is 3.71. The topological polar surface area (TPSA) is 95.3 Å². The van der Waals surface area contributed by atoms with E-state index < -0.39 is 16.0 Å². The fraction of sp³-hybridized carbons (Fsp3) is 0.0909. The quantitative estimate of drug-likeness (QED) is 0.460. The van der Waals surface area contributed by atoms with Gasteiger partial charge >= 0.3 is 5.69 Å². The molecule has 0 aliphatic carbocycles. The lowest BCUT2D eigenvalue weighted by Gasteiger charge is -2.03. The number of nitro groups is 1. The number of pyridine rings is 1. The van der Waals surface area contributed by atoms with Crippen molar-refractivity contribution in [3.63, 3.8) is 0 Å². The number of ketones is 1. The summed E-state index contributed by atoms with van der Waals surface area (Å²) < 4.78 is 6.18. The van der Waals surface area contributed by atoms with Crippen molar-refractivity contribution >= 4 is 11.5 Å². The number of carbonyl (C=O) groups excluding carboxylic acids is 1. The number of hydrogen-bond acceptors (Lipinski definition) is 5. The second kappa shape index (κ2) is 4.66. The van der Waals surface area contributed by atoms with E-state index in [4.69, 9.17) is 4.42 Å². The van der Waals surface area contributed by atoms with Crippen LogP contribution in [-0.4, -0.2) is 15.3 Å². The molecule has 0 bridgehead atoms. The van der Waals surface area contributed by atoms with E-state index in [0.29, 0.717) is 0 Å². The van der Waals surface area contributed by atoms with Crippen LogP contribution in [0.4, 0.5) is 5.69 Å². The molecule has 0 saturated carbocycles. The van der Waals surface area contributed by atoms with Crippen LogP contribution in [0.15, 0.2) is 46.1 Å². The van der Waals surface area contributed by atoms with Crippen molar-refractivity contribution in [1.82, 2.24) is 4.57 Å². The molecule has 2 aromatic rings. The zero-order chi connectivity index (χ0) is 13.1. The fourth-order valence-electron chi connectivity index (χ4n) is 1.43. The molecule has 7 heteroatoms. The number of nitrogens with zero attached hydrogens (tertiary/aromatic N) is 2. The van der Waals surface area contributed by atoms with Crippen LogP contribution in [0, 0.1) is 10.1 Å². The number of aromatic nitrogens is 1. The Bertz CT molecular complexity index is 642. The summed E-state index contributed by atoms with van der Waals surface area (Å²) in [6.45, 7) is -0.130. The van der Waals surface area contributed by atoms with Gasteiger partial charge in [-0.15, -0.1) is 0 Å². The molecule has 0 N–H and O–H groups in total. The van der Waals surface area contributed by atoms with Gasteiger partial charge in [-0.3, -0.25) is 19.7 Å². The first-order valence-corrected chi connectivity index (χ1v) is 4.99. The first-order chi connectivity index (χ1) is 8.58. The third kappa shape index (κ3) is 2.34. The van der Waals surface area contributed by atoms with Crippen LogP contribution in [0.1, 0.15) is 10.6 Å². The van der Waals surface area contributed by atoms with Gasteiger partial charge in [0.15, 0.2) is 5.76 Å². The van der Waals surface area contributed by atoms with E-state index in [1.54, 1.807) is 6.07 Å². The lowest BCUT2D eigenvalue weighted by Crippen LogP contribution is -2.14. The summed E-state index contributed by atoms with van der Waals surface area (Å²) in [6, 6.07) is 4.12. The van der Waals surface area contributed by atoms with Crippen molar-refractivity contribution in [2.45, 2.75) is 6.54 Å². The fourth-order valence-corrected chi connectivity index (χ4v) is 1.43. The van der Waals surface area contributed by atoms with E-state index in [2.05, 4.69) is 0 Å². The van der Waals surface area contributed by atoms with Gasteiger partial charge in [0.2, 0.25) is 5.78 Å². The van der Waals surface area contributed by atoms with Crippen molar-refractivity contribution in [2.24, 2.45) is 0 Å². The molecule has 0 atom stereocenters. The first-order valence-electron chi connectivity index (χ1n) is 4.99. The molecule has 0 saturated heterocycles. The average molecular weight is 248 g/mol. The van der Waals surface area contributed by atoms with Gasteiger partial charge in [0.25, 0.3) is 5.43 Å². The van der Waals surface area contributed by atoms with E-state index in [1.165, 1.54) is 23.1 Å². The van der Waals surface area contributed by atoms with E-state index >= 15 is 0 Å². The Hall–Kier alpha value is -2.70. The van der Waals surface area contributed by atoms with Crippen LogP contribution in [0.25, 0.3) is 0 Å². The van der Waals surface area contributed by atoms with Crippen molar-refractivity contribution in [3.05, 3.63) is 63.0 Å². The van der Waals surface area contributed by atoms with Gasteiger partial charge in [0.05, 0.1) is 23.9 Å². The Balaban J connectivity index is 2.25. The van der Waals surface area contributed by atoms with E-state index in [1.807, 2.05) is 0 Å². The summed E-state index contributed by atoms with van der Waals surface area (Å²) in [5.74, 6) is -0.172. The highest BCUT2D eigenvalue weighted by atomic mass is 16.6. The van der Waals surface area contributed by atoms with Crippen LogP contribution in [0.3, 0.4) is 0 Å². The number of hydrogen-bond donors (Lipinski definition) is 0. The van der Waals surface area contributed by atoms with Crippen LogP contribution in [0.5, 0.6) is 0 Å². The predicted molar refractivity (Wildman–Crippen MR) is 60.4 cm³/mol. The minimum Gasteiger partial charge on any atom is -0.461 e. The first kappa shape index (κ1) is 11.8. The molecular formula is C11H8N2O5. The molecule has 0 amide bonds. The molecule has 18 heavy (non-hydrogen) atoms. The normalized spacial score (nSPS) is 10.2. The van der Waals surface area contributed by atoms with Crippen LogP contribution >= 0.6 is 0 Å². The van der Waals surface area contributed by atoms with Crippen molar-refractivity contribution in [1.29, 1.82) is 0 Å². The summed E-state index contributed by atoms with van der Waals surface area (Å²) in [7, 11) is 0. The maximum atomic E-state index is 11.7. The minimum absolute atomic E-state index is 0.130. The molecule has 0 aliphatic rings. The third-order valence-electron chi connectivity index (χ3n) is 2.28. The average Bonchev–Trinajstić information content (AvgIpc) is 2.85. The lowest BCUT2D eigenvalue weighted by atomic mass is 10.3. The largest absolute Gasteiger partial charge is 0.461 e. The minimum atomic E-state index is -0.782. The molecule has 2 rings (SSSR count). The predicted octanol–water partition coefficient (Wildman–Crippen LogP) is 1.23. The van der Waals surface area contributed by atoms with Gasteiger partial charge in [-0.1, -0.05) is 0 Å². The molecule has 0 radical (unpaired) electrons. The van der Waals surface area contributed by atoms with Gasteiger partial charge in [0, 0.05) is 12.3 Å². The summed E-state index contributed by atoms with van der Waals surface area (Å²) >= 11 is 0. The molecule has 2 heterocycles. The highest BCUT2D eigenvalue weighted by Gasteiger charge is 2.14. The second-order valence-corrected chi connectivity index (χ2v) is 3.52. The van der Waals surface area contributed by atoms with Crippen molar-refractivity contribution in [2.75, 3.05) is 0 Å². The van der Waals surface area contributed by atoms with Gasteiger partial charge in [-0.05, 0) is 12.1 Å². The molecular weight excluding hydrogens is 240 g/mol. The molecule has 92 valence electrons. The zero-order valence-corrected chi connectivity index (χ0v) is 9.11. The van der Waals surface area contributed by atoms with Gasteiger partial charge in [0.1, 0.15) is 0 Å². The van der Waals surface area contributed by atoms with E-state index in [9.17, 15) is 19.7 Å². The van der Waals surface area contributed by atoms with Gasteiger partial charge in [-0.25, -0.2) is 0 Å². The second-order valence-electron chi connectivity index (χ2n) is 3.52. The smallest absolute Gasteiger partial charge is 0.332 e. The van der Waals surface area contributed by atoms with Crippen LogP contribution < -0.4 is 5.43 Å². The van der Waals surface area contributed by atoms with E-state index in [-0.39, 0.29) is 18.1 Å². The standard InChI is InChI=1S/C11H8N2O5/c14-9-3-4-12(6-8(9)13(16)17)7-10(15)11-2-1-5-18-11/h1-6H,7H2. The molecule has 0 spiro atoms. The molecule has 7 nitrogen and oxygen atoms in total. The molecule has 2 aromatic heterocycles. The number of rotatable bonds is 4. The SMILES string of the molecule is O=C(Cn1ccc(=O)c([N+](=O)[O-])c1)c1ccco1. The Morgan fingerprint density at radius 2 is 2.22 bits per heavy atom. The number of Topliss-reactive ketones (excluding diaryl/α,β-unsaturated/α-hetero) is 1. The lowest BCUT2D eigenvalue weighted by molar-refractivity contribution is -0.386. The Morgan fingerprint density at radius 1 is 1.44 bits per heavy atom. The molecule has 0 fully saturated rings. The monoisotopic (exact) mass is 248 g/mol. The van der Waals surface area contributed by atoms with Crippen LogP contribution in [-0.2, 0) is 6.54 Å². The number of furan rings is 1. The third-order valence-corrected chi connectivity index (χ3v) is 2.28. The summed E-state index contributed by atoms with van der Waals surface area (Å²) in [5, 5.41) is 10.6. The van der Waals surface area contributed by atoms with Crippen molar-refractivity contribution in [3.8, 4) is 0 Å². The number of carbonyl (C=O) groups is 1. The van der Waals surface area contributed by atoms with E-state index in [0.717, 1.165) is 12.3 Å². The summed E-state index contributed by atoms with van der Waals surface area (Å²) in [5.41, 5.74) is -1.26. The van der Waals surface area contributed by atoms with Crippen molar-refractivity contribution < 1.29 is 14.1 Å². The highest BCUT2D eigenvalue weighted by molar-refractivity contribution is 5.93. The molecule has 0 aromatic carbocycles. The Labute approximate surface area is 100 Å². The molecule has 0 unspecified atom stereocenters. The maximum absolute atomic E-state index is 11.7. The van der Waals surface area contributed by atoms with Gasteiger partial charge < -0.3 is 8.98 Å².